The first-order valence-corrected chi connectivity index (χ1v) is 14.0. The Labute approximate surface area is 228 Å². The van der Waals surface area contributed by atoms with Crippen LogP contribution in [0.3, 0.4) is 0 Å². The summed E-state index contributed by atoms with van der Waals surface area (Å²) in [6.45, 7) is 5.92. The fourth-order valence-electron chi connectivity index (χ4n) is 3.34. The Morgan fingerprint density at radius 1 is 1.08 bits per heavy atom. The van der Waals surface area contributed by atoms with Crippen molar-refractivity contribution < 1.29 is 31.2 Å². The van der Waals surface area contributed by atoms with Gasteiger partial charge in [0, 0.05) is 16.6 Å². The molecule has 1 N–H and O–H groups in total. The molecule has 2 amide bonds. The van der Waals surface area contributed by atoms with Gasteiger partial charge in [-0.2, -0.15) is 13.2 Å². The number of amides is 2. The molecule has 1 unspecified atom stereocenters. The quantitative estimate of drug-likeness (QED) is 0.436. The molecule has 0 aliphatic rings. The molecule has 0 fully saturated rings. The minimum absolute atomic E-state index is 0.0448. The first-order valence-electron chi connectivity index (χ1n) is 11.0. The maximum Gasteiger partial charge on any atom is 0.417 e. The highest BCUT2D eigenvalue weighted by Gasteiger charge is 2.36. The summed E-state index contributed by atoms with van der Waals surface area (Å²) in [6.07, 6.45) is -4.07. The first-order chi connectivity index (χ1) is 16.8. The summed E-state index contributed by atoms with van der Waals surface area (Å²) in [4.78, 5) is 27.6. The molecule has 0 saturated heterocycles. The monoisotopic (exact) mass is 625 g/mol. The Hall–Kier alpha value is -2.31. The van der Waals surface area contributed by atoms with Gasteiger partial charge >= 0.3 is 6.18 Å². The molecule has 0 radical (unpaired) electrons. The summed E-state index contributed by atoms with van der Waals surface area (Å²) < 4.78 is 66.7. The van der Waals surface area contributed by atoms with Crippen molar-refractivity contribution in [2.75, 3.05) is 17.1 Å². The third kappa shape index (κ3) is 8.89. The highest BCUT2D eigenvalue weighted by Crippen LogP contribution is 2.37. The summed E-state index contributed by atoms with van der Waals surface area (Å²) >= 11 is 9.00. The lowest BCUT2D eigenvalue weighted by molar-refractivity contribution is -0.140. The van der Waals surface area contributed by atoms with Gasteiger partial charge in [-0.05, 0) is 63.6 Å². The van der Waals surface area contributed by atoms with E-state index >= 15 is 0 Å². The number of carbonyl (C=O) groups is 2. The standard InChI is InChI=1S/C24H28BrClF3N3O4S/c1-15(22(34)30-23(2,3)4)31(13-16-6-8-17(25)9-7-16)21(33)14-32(37(5,35)36)18-10-11-20(26)19(12-18)24(27,28)29/h6-12,15H,13-14H2,1-5H3,(H,30,34). The second kappa shape index (κ2) is 11.6. The SMILES string of the molecule is CC(C(=O)NC(C)(C)C)N(Cc1ccc(Br)cc1)C(=O)CN(c1ccc(Cl)c(C(F)(F)F)c1)S(C)(=O)=O. The van der Waals surface area contributed by atoms with Gasteiger partial charge in [0.2, 0.25) is 21.8 Å². The van der Waals surface area contributed by atoms with Crippen LogP contribution in [0.15, 0.2) is 46.9 Å². The van der Waals surface area contributed by atoms with Crippen molar-refractivity contribution in [2.24, 2.45) is 0 Å². The molecule has 7 nitrogen and oxygen atoms in total. The van der Waals surface area contributed by atoms with Crippen LogP contribution in [0.5, 0.6) is 0 Å². The van der Waals surface area contributed by atoms with Gasteiger partial charge in [0.1, 0.15) is 12.6 Å². The molecule has 13 heteroatoms. The van der Waals surface area contributed by atoms with E-state index < -0.39 is 56.7 Å². The molecule has 37 heavy (non-hydrogen) atoms. The van der Waals surface area contributed by atoms with Gasteiger partial charge in [0.05, 0.1) is 22.5 Å². The molecule has 1 atom stereocenters. The number of rotatable bonds is 8. The molecule has 2 rings (SSSR count). The lowest BCUT2D eigenvalue weighted by atomic mass is 10.1. The number of sulfonamides is 1. The van der Waals surface area contributed by atoms with E-state index in [1.54, 1.807) is 45.0 Å². The highest BCUT2D eigenvalue weighted by molar-refractivity contribution is 9.10. The van der Waals surface area contributed by atoms with Crippen LogP contribution in [-0.4, -0.2) is 49.5 Å². The molecular weight excluding hydrogens is 599 g/mol. The molecule has 0 saturated carbocycles. The first kappa shape index (κ1) is 30.9. The van der Waals surface area contributed by atoms with Crippen molar-refractivity contribution in [1.29, 1.82) is 0 Å². The van der Waals surface area contributed by atoms with Gasteiger partial charge in [-0.1, -0.05) is 39.7 Å². The van der Waals surface area contributed by atoms with Gasteiger partial charge < -0.3 is 10.2 Å². The number of benzene rings is 2. The third-order valence-electron chi connectivity index (χ3n) is 5.15. The van der Waals surface area contributed by atoms with E-state index in [1.165, 1.54) is 11.8 Å². The zero-order chi connectivity index (χ0) is 28.3. The van der Waals surface area contributed by atoms with Crippen molar-refractivity contribution in [3.05, 3.63) is 63.1 Å². The van der Waals surface area contributed by atoms with E-state index in [0.29, 0.717) is 15.9 Å². The highest BCUT2D eigenvalue weighted by atomic mass is 79.9. The second-order valence-electron chi connectivity index (χ2n) is 9.49. The lowest BCUT2D eigenvalue weighted by Gasteiger charge is -2.33. The number of anilines is 1. The number of alkyl halides is 3. The van der Waals surface area contributed by atoms with Crippen LogP contribution in [0.4, 0.5) is 18.9 Å². The number of halogens is 5. The maximum atomic E-state index is 13.5. The summed E-state index contributed by atoms with van der Waals surface area (Å²) in [5.74, 6) is -1.26. The molecule has 0 bridgehead atoms. The van der Waals surface area contributed by atoms with Crippen molar-refractivity contribution in [1.82, 2.24) is 10.2 Å². The van der Waals surface area contributed by atoms with Crippen LogP contribution in [0.1, 0.15) is 38.8 Å². The van der Waals surface area contributed by atoms with E-state index in [-0.39, 0.29) is 12.2 Å². The van der Waals surface area contributed by atoms with Crippen molar-refractivity contribution in [3.63, 3.8) is 0 Å². The zero-order valence-corrected chi connectivity index (χ0v) is 24.0. The predicted molar refractivity (Wildman–Crippen MR) is 141 cm³/mol. The van der Waals surface area contributed by atoms with E-state index in [0.717, 1.165) is 22.9 Å². The summed E-state index contributed by atoms with van der Waals surface area (Å²) in [6, 6.07) is 8.49. The van der Waals surface area contributed by atoms with Gasteiger partial charge in [-0.3, -0.25) is 13.9 Å². The van der Waals surface area contributed by atoms with Crippen LogP contribution in [-0.2, 0) is 32.3 Å². The molecule has 0 heterocycles. The number of hydrogen-bond acceptors (Lipinski definition) is 4. The number of nitrogens with one attached hydrogen (secondary N) is 1. The van der Waals surface area contributed by atoms with Crippen LogP contribution in [0.25, 0.3) is 0 Å². The second-order valence-corrected chi connectivity index (χ2v) is 12.7. The predicted octanol–water partition coefficient (Wildman–Crippen LogP) is 5.22. The van der Waals surface area contributed by atoms with Crippen LogP contribution >= 0.6 is 27.5 Å². The van der Waals surface area contributed by atoms with E-state index in [2.05, 4.69) is 21.2 Å². The van der Waals surface area contributed by atoms with Gasteiger partial charge in [-0.15, -0.1) is 0 Å². The number of carbonyl (C=O) groups excluding carboxylic acids is 2. The summed E-state index contributed by atoms with van der Waals surface area (Å²) in [5.41, 5.74) is -1.57. The van der Waals surface area contributed by atoms with Crippen molar-refractivity contribution in [2.45, 2.75) is 52.0 Å². The molecule has 0 aromatic heterocycles. The maximum absolute atomic E-state index is 13.5. The van der Waals surface area contributed by atoms with Crippen LogP contribution < -0.4 is 9.62 Å². The van der Waals surface area contributed by atoms with Crippen LogP contribution in [0.2, 0.25) is 5.02 Å². The van der Waals surface area contributed by atoms with Gasteiger partial charge in [-0.25, -0.2) is 8.42 Å². The normalized spacial score (nSPS) is 13.1. The van der Waals surface area contributed by atoms with Gasteiger partial charge in [0.25, 0.3) is 0 Å². The largest absolute Gasteiger partial charge is 0.417 e. The Balaban J connectivity index is 2.49. The Morgan fingerprint density at radius 2 is 1.65 bits per heavy atom. The van der Waals surface area contributed by atoms with Gasteiger partial charge in [0.15, 0.2) is 0 Å². The Bertz CT molecular complexity index is 1250. The fraction of sp³-hybridized carbons (Fsp3) is 0.417. The smallest absolute Gasteiger partial charge is 0.350 e. The van der Waals surface area contributed by atoms with E-state index in [4.69, 9.17) is 11.6 Å². The Kier molecular flexibility index (Phi) is 9.70. The van der Waals surface area contributed by atoms with Crippen LogP contribution in [0, 0.1) is 0 Å². The lowest BCUT2D eigenvalue weighted by Crippen LogP contribution is -2.54. The third-order valence-corrected chi connectivity index (χ3v) is 7.15. The average molecular weight is 627 g/mol. The Morgan fingerprint density at radius 3 is 2.14 bits per heavy atom. The molecule has 0 aliphatic heterocycles. The molecule has 0 spiro atoms. The number of nitrogens with zero attached hydrogens (tertiary/aromatic N) is 2. The molecular formula is C24H28BrClF3N3O4S. The molecule has 0 aliphatic carbocycles. The summed E-state index contributed by atoms with van der Waals surface area (Å²) in [5, 5.41) is 2.17. The van der Waals surface area contributed by atoms with E-state index in [9.17, 15) is 31.2 Å². The van der Waals surface area contributed by atoms with E-state index in [1.807, 2.05) is 0 Å². The molecule has 2 aromatic carbocycles. The average Bonchev–Trinajstić information content (AvgIpc) is 2.74. The summed E-state index contributed by atoms with van der Waals surface area (Å²) in [7, 11) is -4.21. The van der Waals surface area contributed by atoms with Crippen molar-refractivity contribution >= 4 is 55.1 Å². The van der Waals surface area contributed by atoms with Crippen molar-refractivity contribution in [3.8, 4) is 0 Å². The molecule has 204 valence electrons. The topological polar surface area (TPSA) is 86.8 Å². The fourth-order valence-corrected chi connectivity index (χ4v) is 4.67. The molecule has 2 aromatic rings. The zero-order valence-electron chi connectivity index (χ0n) is 20.9. The minimum Gasteiger partial charge on any atom is -0.350 e. The number of hydrogen-bond donors (Lipinski definition) is 1. The minimum atomic E-state index is -4.84.